The van der Waals surface area contributed by atoms with E-state index < -0.39 is 11.7 Å². The number of hydrogen-bond acceptors (Lipinski definition) is 6. The molecule has 8 nitrogen and oxygen atoms in total. The minimum absolute atomic E-state index is 0.0353. The number of anilines is 2. The molecule has 2 amide bonds. The molecule has 0 bridgehead atoms. The molecular weight excluding hydrogens is 509 g/mol. The Morgan fingerprint density at radius 1 is 1.10 bits per heavy atom. The van der Waals surface area contributed by atoms with Crippen LogP contribution in [0.2, 0.25) is 0 Å². The quantitative estimate of drug-likeness (QED) is 0.507. The molecule has 2 aromatic rings. The van der Waals surface area contributed by atoms with Crippen LogP contribution < -0.4 is 10.6 Å². The van der Waals surface area contributed by atoms with Gasteiger partial charge < -0.3 is 20.4 Å². The van der Waals surface area contributed by atoms with E-state index in [0.717, 1.165) is 38.5 Å². The van der Waals surface area contributed by atoms with Gasteiger partial charge in [0.25, 0.3) is 5.91 Å². The standard InChI is InChI=1S/C28H37F3N6O2/c1-4-32-25(38)22-7-5-6-19(22)16-24-23(28(29,30)31)17-33-27(35-24)34-20-10-8-18(9-11-20)26(39)37(3)21-12-14-36(2)15-13-21/h8-11,17,19,21-22H,4-7,12-16H2,1-3H3,(H,32,38)(H,33,34,35)/t19-,22-/m0/s1. The first-order valence-electron chi connectivity index (χ1n) is 13.6. The molecule has 0 unspecified atom stereocenters. The lowest BCUT2D eigenvalue weighted by Gasteiger charge is -2.35. The highest BCUT2D eigenvalue weighted by Crippen LogP contribution is 2.38. The number of halogens is 3. The van der Waals surface area contributed by atoms with Gasteiger partial charge in [0, 0.05) is 43.0 Å². The Bertz CT molecular complexity index is 1150. The van der Waals surface area contributed by atoms with Crippen molar-refractivity contribution in [1.82, 2.24) is 25.1 Å². The summed E-state index contributed by atoms with van der Waals surface area (Å²) in [7, 11) is 3.90. The van der Waals surface area contributed by atoms with E-state index in [-0.39, 0.29) is 47.8 Å². The first-order chi connectivity index (χ1) is 18.6. The molecule has 212 valence electrons. The summed E-state index contributed by atoms with van der Waals surface area (Å²) in [4.78, 5) is 37.6. The topological polar surface area (TPSA) is 90.5 Å². The summed E-state index contributed by atoms with van der Waals surface area (Å²) in [5.41, 5.74) is 0.0918. The van der Waals surface area contributed by atoms with Crippen LogP contribution in [-0.2, 0) is 17.4 Å². The SMILES string of the molecule is CCNC(=O)[C@H]1CCC[C@H]1Cc1nc(Nc2ccc(C(=O)N(C)C3CCN(C)CC3)cc2)ncc1C(F)(F)F. The Kier molecular flexibility index (Phi) is 9.09. The summed E-state index contributed by atoms with van der Waals surface area (Å²) in [5.74, 6) is -0.685. The number of likely N-dealkylation sites (tertiary alicyclic amines) is 1. The van der Waals surface area contributed by atoms with Crippen molar-refractivity contribution in [3.8, 4) is 0 Å². The molecule has 39 heavy (non-hydrogen) atoms. The number of aromatic nitrogens is 2. The highest BCUT2D eigenvalue weighted by molar-refractivity contribution is 5.94. The first kappa shape index (κ1) is 28.8. The molecule has 1 saturated heterocycles. The molecule has 11 heteroatoms. The third-order valence-electron chi connectivity index (χ3n) is 7.92. The van der Waals surface area contributed by atoms with E-state index in [0.29, 0.717) is 30.6 Å². The lowest BCUT2D eigenvalue weighted by atomic mass is 9.89. The van der Waals surface area contributed by atoms with Gasteiger partial charge in [-0.05, 0) is 89.3 Å². The molecule has 0 radical (unpaired) electrons. The van der Waals surface area contributed by atoms with Crippen molar-refractivity contribution in [3.63, 3.8) is 0 Å². The summed E-state index contributed by atoms with van der Waals surface area (Å²) in [5, 5.41) is 5.76. The van der Waals surface area contributed by atoms with E-state index >= 15 is 0 Å². The van der Waals surface area contributed by atoms with Crippen LogP contribution in [-0.4, -0.2) is 71.4 Å². The number of nitrogens with one attached hydrogen (secondary N) is 2. The number of carbonyl (C=O) groups is 2. The van der Waals surface area contributed by atoms with Crippen molar-refractivity contribution in [3.05, 3.63) is 47.3 Å². The molecule has 0 spiro atoms. The van der Waals surface area contributed by atoms with Gasteiger partial charge in [-0.1, -0.05) is 6.42 Å². The number of alkyl halides is 3. The van der Waals surface area contributed by atoms with Gasteiger partial charge in [0.1, 0.15) is 0 Å². The molecular formula is C28H37F3N6O2. The Morgan fingerprint density at radius 2 is 1.79 bits per heavy atom. The van der Waals surface area contributed by atoms with E-state index in [4.69, 9.17) is 0 Å². The van der Waals surface area contributed by atoms with Crippen LogP contribution in [0.15, 0.2) is 30.5 Å². The van der Waals surface area contributed by atoms with Crippen molar-refractivity contribution < 1.29 is 22.8 Å². The third-order valence-corrected chi connectivity index (χ3v) is 7.92. The summed E-state index contributed by atoms with van der Waals surface area (Å²) < 4.78 is 41.3. The monoisotopic (exact) mass is 546 g/mol. The number of amides is 2. The normalized spacial score (nSPS) is 20.6. The zero-order valence-electron chi connectivity index (χ0n) is 22.7. The van der Waals surface area contributed by atoms with Crippen molar-refractivity contribution in [2.24, 2.45) is 11.8 Å². The molecule has 1 aliphatic carbocycles. The number of piperidine rings is 1. The van der Waals surface area contributed by atoms with Crippen molar-refractivity contribution in [1.29, 1.82) is 0 Å². The number of carbonyl (C=O) groups excluding carboxylic acids is 2. The maximum absolute atomic E-state index is 13.8. The zero-order valence-corrected chi connectivity index (χ0v) is 22.7. The van der Waals surface area contributed by atoms with Gasteiger partial charge in [-0.2, -0.15) is 13.2 Å². The number of nitrogens with zero attached hydrogens (tertiary/aromatic N) is 4. The summed E-state index contributed by atoms with van der Waals surface area (Å²) in [6, 6.07) is 6.96. The number of benzene rings is 1. The van der Waals surface area contributed by atoms with Gasteiger partial charge >= 0.3 is 6.18 Å². The van der Waals surface area contributed by atoms with E-state index in [1.54, 1.807) is 29.2 Å². The second kappa shape index (κ2) is 12.3. The Balaban J connectivity index is 1.47. The highest BCUT2D eigenvalue weighted by atomic mass is 19.4. The van der Waals surface area contributed by atoms with E-state index in [1.807, 2.05) is 14.0 Å². The fraction of sp³-hybridized carbons (Fsp3) is 0.571. The molecule has 2 atom stereocenters. The van der Waals surface area contributed by atoms with Gasteiger partial charge in [-0.25, -0.2) is 9.97 Å². The van der Waals surface area contributed by atoms with Crippen LogP contribution >= 0.6 is 0 Å². The number of rotatable bonds is 8. The lowest BCUT2D eigenvalue weighted by molar-refractivity contribution is -0.138. The second-order valence-electron chi connectivity index (χ2n) is 10.6. The second-order valence-corrected chi connectivity index (χ2v) is 10.6. The summed E-state index contributed by atoms with van der Waals surface area (Å²) in [6.45, 7) is 4.21. The zero-order chi connectivity index (χ0) is 28.2. The Labute approximate surface area is 227 Å². The summed E-state index contributed by atoms with van der Waals surface area (Å²) in [6.07, 6.45) is 0.227. The van der Waals surface area contributed by atoms with E-state index in [1.165, 1.54) is 0 Å². The predicted octanol–water partition coefficient (Wildman–Crippen LogP) is 4.50. The average molecular weight is 547 g/mol. The fourth-order valence-corrected chi connectivity index (χ4v) is 5.63. The van der Waals surface area contributed by atoms with Gasteiger partial charge in [0.15, 0.2) is 0 Å². The van der Waals surface area contributed by atoms with Crippen LogP contribution in [0.25, 0.3) is 0 Å². The van der Waals surface area contributed by atoms with E-state index in [2.05, 4.69) is 32.5 Å². The minimum Gasteiger partial charge on any atom is -0.356 e. The van der Waals surface area contributed by atoms with Gasteiger partial charge in [0.2, 0.25) is 11.9 Å². The molecule has 4 rings (SSSR count). The molecule has 2 N–H and O–H groups in total. The summed E-state index contributed by atoms with van der Waals surface area (Å²) >= 11 is 0. The maximum Gasteiger partial charge on any atom is 0.419 e. The predicted molar refractivity (Wildman–Crippen MR) is 143 cm³/mol. The van der Waals surface area contributed by atoms with Crippen LogP contribution in [0.4, 0.5) is 24.8 Å². The minimum atomic E-state index is -4.60. The van der Waals surface area contributed by atoms with Crippen molar-refractivity contribution in [2.45, 2.75) is 57.7 Å². The van der Waals surface area contributed by atoms with E-state index in [9.17, 15) is 22.8 Å². The van der Waals surface area contributed by atoms with Crippen LogP contribution in [0.3, 0.4) is 0 Å². The van der Waals surface area contributed by atoms with Crippen LogP contribution in [0.1, 0.15) is 60.6 Å². The van der Waals surface area contributed by atoms with Crippen molar-refractivity contribution >= 4 is 23.5 Å². The van der Waals surface area contributed by atoms with Gasteiger partial charge in [-0.15, -0.1) is 0 Å². The Morgan fingerprint density at radius 3 is 2.44 bits per heavy atom. The molecule has 1 aromatic heterocycles. The number of hydrogen-bond donors (Lipinski definition) is 2. The third kappa shape index (κ3) is 7.06. The van der Waals surface area contributed by atoms with Gasteiger partial charge in [0.05, 0.1) is 11.3 Å². The molecule has 2 aliphatic rings. The molecule has 1 aliphatic heterocycles. The fourth-order valence-electron chi connectivity index (χ4n) is 5.63. The Hall–Kier alpha value is -3.21. The molecule has 2 heterocycles. The van der Waals surface area contributed by atoms with Crippen LogP contribution in [0, 0.1) is 11.8 Å². The molecule has 1 saturated carbocycles. The maximum atomic E-state index is 13.8. The highest BCUT2D eigenvalue weighted by Gasteiger charge is 2.38. The smallest absolute Gasteiger partial charge is 0.356 e. The average Bonchev–Trinajstić information content (AvgIpc) is 3.36. The van der Waals surface area contributed by atoms with Crippen LogP contribution in [0.5, 0.6) is 0 Å². The van der Waals surface area contributed by atoms with Gasteiger partial charge in [-0.3, -0.25) is 9.59 Å². The van der Waals surface area contributed by atoms with Crippen molar-refractivity contribution in [2.75, 3.05) is 39.0 Å². The first-order valence-corrected chi connectivity index (χ1v) is 13.6. The molecule has 2 fully saturated rings. The molecule has 1 aromatic carbocycles. The lowest BCUT2D eigenvalue weighted by Crippen LogP contribution is -2.44. The largest absolute Gasteiger partial charge is 0.419 e.